The van der Waals surface area contributed by atoms with E-state index < -0.39 is 6.04 Å². The lowest BCUT2D eigenvalue weighted by Crippen LogP contribution is -3.14. The van der Waals surface area contributed by atoms with Gasteiger partial charge in [-0.1, -0.05) is 6.07 Å². The van der Waals surface area contributed by atoms with Gasteiger partial charge in [0.1, 0.15) is 6.04 Å². The molecule has 6 nitrogen and oxygen atoms in total. The average Bonchev–Trinajstić information content (AvgIpc) is 2.74. The van der Waals surface area contributed by atoms with Gasteiger partial charge in [0.15, 0.2) is 0 Å². The highest BCUT2D eigenvalue weighted by Gasteiger charge is 2.19. The van der Waals surface area contributed by atoms with Crippen LogP contribution in [0.1, 0.15) is 19.4 Å². The molecular formula is C22H28N5O+. The first-order valence-corrected chi connectivity index (χ1v) is 9.85. The molecule has 1 aliphatic rings. The molecule has 2 aromatic carbocycles. The molecule has 1 aliphatic heterocycles. The molecule has 0 radical (unpaired) electrons. The van der Waals surface area contributed by atoms with Gasteiger partial charge in [-0.25, -0.2) is 0 Å². The van der Waals surface area contributed by atoms with Crippen LogP contribution >= 0.6 is 0 Å². The summed E-state index contributed by atoms with van der Waals surface area (Å²) in [4.78, 5) is 16.5. The molecule has 0 aromatic heterocycles. The molecule has 146 valence electrons. The molecule has 0 saturated carbocycles. The summed E-state index contributed by atoms with van der Waals surface area (Å²) >= 11 is 0. The van der Waals surface area contributed by atoms with Gasteiger partial charge in [0.25, 0.3) is 0 Å². The highest BCUT2D eigenvalue weighted by atomic mass is 16.2. The zero-order valence-electron chi connectivity index (χ0n) is 16.5. The van der Waals surface area contributed by atoms with Crippen molar-refractivity contribution in [3.8, 4) is 6.07 Å². The molecule has 28 heavy (non-hydrogen) atoms. The van der Waals surface area contributed by atoms with Crippen LogP contribution < -0.4 is 20.4 Å². The third kappa shape index (κ3) is 5.02. The Morgan fingerprint density at radius 3 is 2.54 bits per heavy atom. The number of benzene rings is 2. The van der Waals surface area contributed by atoms with E-state index in [1.54, 1.807) is 29.2 Å². The number of carbonyl (C=O) groups excluding carboxylic acids is 1. The second kappa shape index (κ2) is 9.25. The largest absolute Gasteiger partial charge is 0.374 e. The number of amides is 1. The maximum atomic E-state index is 12.4. The molecular weight excluding hydrogens is 350 g/mol. The fraction of sp³-hybridized carbons (Fsp3) is 0.364. The van der Waals surface area contributed by atoms with E-state index in [9.17, 15) is 4.79 Å². The third-order valence-corrected chi connectivity index (χ3v) is 5.24. The van der Waals surface area contributed by atoms with Crippen molar-refractivity contribution in [3.63, 3.8) is 0 Å². The number of nitriles is 1. The van der Waals surface area contributed by atoms with Crippen molar-refractivity contribution in [2.24, 2.45) is 0 Å². The normalized spacial score (nSPS) is 15.5. The second-order valence-electron chi connectivity index (χ2n) is 7.19. The molecule has 1 amide bonds. The van der Waals surface area contributed by atoms with E-state index >= 15 is 0 Å². The molecule has 3 rings (SSSR count). The summed E-state index contributed by atoms with van der Waals surface area (Å²) in [5, 5.41) is 15.0. The van der Waals surface area contributed by atoms with Crippen molar-refractivity contribution < 1.29 is 9.69 Å². The van der Waals surface area contributed by atoms with Gasteiger partial charge in [-0.2, -0.15) is 5.26 Å². The van der Waals surface area contributed by atoms with E-state index in [2.05, 4.69) is 40.7 Å². The number of nitrogens with one attached hydrogen (secondary N) is 3. The van der Waals surface area contributed by atoms with E-state index in [-0.39, 0.29) is 5.91 Å². The van der Waals surface area contributed by atoms with Crippen LogP contribution in [0.25, 0.3) is 0 Å². The topological polar surface area (TPSA) is 72.6 Å². The number of likely N-dealkylation sites (N-methyl/N-ethyl adjacent to an activating group) is 1. The molecule has 1 fully saturated rings. The van der Waals surface area contributed by atoms with E-state index in [4.69, 9.17) is 5.26 Å². The number of rotatable bonds is 6. The Bertz CT molecular complexity index is 835. The molecule has 1 heterocycles. The first-order chi connectivity index (χ1) is 13.6. The molecule has 3 N–H and O–H groups in total. The van der Waals surface area contributed by atoms with Gasteiger partial charge in [-0.15, -0.1) is 0 Å². The number of quaternary nitrogens is 1. The summed E-state index contributed by atoms with van der Waals surface area (Å²) in [6.45, 7) is 9.78. The number of piperazine rings is 1. The van der Waals surface area contributed by atoms with Crippen LogP contribution in [0.3, 0.4) is 0 Å². The van der Waals surface area contributed by atoms with Gasteiger partial charge in [-0.3, -0.25) is 4.79 Å². The van der Waals surface area contributed by atoms with Crippen molar-refractivity contribution in [1.82, 2.24) is 0 Å². The van der Waals surface area contributed by atoms with Gasteiger partial charge >= 0.3 is 0 Å². The molecule has 6 heteroatoms. The number of hydrogen-bond donors (Lipinski definition) is 3. The predicted molar refractivity (Wildman–Crippen MR) is 113 cm³/mol. The average molecular weight is 379 g/mol. The van der Waals surface area contributed by atoms with E-state index in [0.717, 1.165) is 18.8 Å². The lowest BCUT2D eigenvalue weighted by Gasteiger charge is -2.33. The van der Waals surface area contributed by atoms with Crippen LogP contribution in [0.15, 0.2) is 48.5 Å². The van der Waals surface area contributed by atoms with Crippen LogP contribution in [0.5, 0.6) is 0 Å². The standard InChI is InChI=1S/C22H27N5O/c1-3-26-11-13-27(14-12-26)21-9-7-19(8-10-21)24-17(2)22(28)25-20-6-4-5-18(15-20)16-23/h4-10,15,17,24H,3,11-14H2,1-2H3,(H,25,28)/p+1/t17-/m0/s1. The Morgan fingerprint density at radius 1 is 1.18 bits per heavy atom. The summed E-state index contributed by atoms with van der Waals surface area (Å²) in [6, 6.07) is 16.9. The highest BCUT2D eigenvalue weighted by Crippen LogP contribution is 2.19. The summed E-state index contributed by atoms with van der Waals surface area (Å²) in [7, 11) is 0. The highest BCUT2D eigenvalue weighted by molar-refractivity contribution is 5.96. The zero-order valence-corrected chi connectivity index (χ0v) is 16.5. The Balaban J connectivity index is 1.54. The Kier molecular flexibility index (Phi) is 6.51. The van der Waals surface area contributed by atoms with Crippen molar-refractivity contribution in [1.29, 1.82) is 5.26 Å². The van der Waals surface area contributed by atoms with Crippen molar-refractivity contribution >= 4 is 23.0 Å². The van der Waals surface area contributed by atoms with Gasteiger partial charge in [0.05, 0.1) is 44.4 Å². The van der Waals surface area contributed by atoms with Crippen LogP contribution in [-0.2, 0) is 4.79 Å². The number of carbonyl (C=O) groups is 1. The number of anilines is 3. The molecule has 2 aromatic rings. The quantitative estimate of drug-likeness (QED) is 0.716. The fourth-order valence-electron chi connectivity index (χ4n) is 3.44. The van der Waals surface area contributed by atoms with Crippen LogP contribution in [0, 0.1) is 11.3 Å². The van der Waals surface area contributed by atoms with E-state index in [0.29, 0.717) is 11.3 Å². The minimum Gasteiger partial charge on any atom is -0.374 e. The maximum absolute atomic E-state index is 12.4. The first-order valence-electron chi connectivity index (χ1n) is 9.85. The molecule has 0 bridgehead atoms. The summed E-state index contributed by atoms with van der Waals surface area (Å²) in [5.74, 6) is -0.141. The molecule has 1 saturated heterocycles. The fourth-order valence-corrected chi connectivity index (χ4v) is 3.44. The SMILES string of the molecule is CC[NH+]1CCN(c2ccc(N[C@@H](C)C(=O)Nc3cccc(C#N)c3)cc2)CC1. The number of hydrogen-bond acceptors (Lipinski definition) is 4. The monoisotopic (exact) mass is 378 g/mol. The van der Waals surface area contributed by atoms with Crippen LogP contribution in [0.4, 0.5) is 17.1 Å². The smallest absolute Gasteiger partial charge is 0.246 e. The Labute approximate surface area is 166 Å². The maximum Gasteiger partial charge on any atom is 0.246 e. The first kappa shape index (κ1) is 19.7. The molecule has 1 atom stereocenters. The van der Waals surface area contributed by atoms with Gasteiger partial charge in [0.2, 0.25) is 5.91 Å². The summed E-state index contributed by atoms with van der Waals surface area (Å²) < 4.78 is 0. The zero-order chi connectivity index (χ0) is 19.9. The lowest BCUT2D eigenvalue weighted by molar-refractivity contribution is -0.898. The van der Waals surface area contributed by atoms with E-state index in [1.807, 2.05) is 19.1 Å². The molecule has 0 spiro atoms. The Hall–Kier alpha value is -3.04. The lowest BCUT2D eigenvalue weighted by atomic mass is 10.2. The third-order valence-electron chi connectivity index (χ3n) is 5.24. The minimum absolute atomic E-state index is 0.141. The summed E-state index contributed by atoms with van der Waals surface area (Å²) in [5.41, 5.74) is 3.29. The second-order valence-corrected chi connectivity index (χ2v) is 7.19. The van der Waals surface area contributed by atoms with Gasteiger partial charge in [-0.05, 0) is 56.3 Å². The van der Waals surface area contributed by atoms with Crippen molar-refractivity contribution in [2.75, 3.05) is 48.3 Å². The molecule has 0 aliphatic carbocycles. The van der Waals surface area contributed by atoms with Crippen molar-refractivity contribution in [2.45, 2.75) is 19.9 Å². The predicted octanol–water partition coefficient (Wildman–Crippen LogP) is 1.72. The van der Waals surface area contributed by atoms with Gasteiger partial charge in [0, 0.05) is 17.1 Å². The number of nitrogens with zero attached hydrogens (tertiary/aromatic N) is 2. The summed E-state index contributed by atoms with van der Waals surface area (Å²) in [6.07, 6.45) is 0. The van der Waals surface area contributed by atoms with Crippen LogP contribution in [0.2, 0.25) is 0 Å². The van der Waals surface area contributed by atoms with Crippen LogP contribution in [-0.4, -0.2) is 44.7 Å². The van der Waals surface area contributed by atoms with E-state index in [1.165, 1.54) is 25.3 Å². The van der Waals surface area contributed by atoms with Gasteiger partial charge < -0.3 is 20.4 Å². The molecule has 0 unspecified atom stereocenters. The van der Waals surface area contributed by atoms with Crippen molar-refractivity contribution in [3.05, 3.63) is 54.1 Å². The minimum atomic E-state index is -0.395. The Morgan fingerprint density at radius 2 is 1.89 bits per heavy atom.